The Morgan fingerprint density at radius 1 is 0.690 bits per heavy atom. The smallest absolute Gasteiger partial charge is 0.328 e. The molecule has 0 saturated heterocycles. The van der Waals surface area contributed by atoms with Crippen LogP contribution in [0.1, 0.15) is 82.6 Å². The molecule has 0 radical (unpaired) electrons. The first-order chi connectivity index (χ1) is 19.3. The number of methoxy groups -OCH3 is 1. The molecule has 0 fully saturated rings. The molecule has 0 saturated carbocycles. The highest BCUT2D eigenvalue weighted by molar-refractivity contribution is 5.96. The fourth-order valence-electron chi connectivity index (χ4n) is 3.93. The third-order valence-corrected chi connectivity index (χ3v) is 5.66. The number of nitrogens with one attached hydrogen (secondary N) is 4. The van der Waals surface area contributed by atoms with Gasteiger partial charge in [-0.2, -0.15) is 0 Å². The molecule has 6 atom stereocenters. The van der Waals surface area contributed by atoms with Gasteiger partial charge in [-0.15, -0.1) is 0 Å². The van der Waals surface area contributed by atoms with Crippen LogP contribution in [0.4, 0.5) is 0 Å². The monoisotopic (exact) mass is 596 g/mol. The molecule has 0 bridgehead atoms. The molecule has 42 heavy (non-hydrogen) atoms. The highest BCUT2D eigenvalue weighted by Crippen LogP contribution is 2.15. The number of amides is 4. The van der Waals surface area contributed by atoms with Gasteiger partial charge in [0.1, 0.15) is 24.2 Å². The number of carbonyl (C=O) groups excluding carboxylic acids is 5. The third-order valence-electron chi connectivity index (χ3n) is 5.66. The standard InChI is InChI=1S/C30H52N4O8/c1-13-15-17-21(28(39)40-12)32-27(38)24(20(5)42-30(9,10)11)34-25(36)18(3)31-26(37)23(33-22(35)16-14-2)19(4)41-29(6,7)8/h13-16,18-21,23-24H,17H2,1-12H3,(H,31,37)(H,32,38)(H,33,35)(H,34,36). The lowest BCUT2D eigenvalue weighted by Gasteiger charge is -2.33. The van der Waals surface area contributed by atoms with Crippen LogP contribution in [-0.2, 0) is 38.2 Å². The highest BCUT2D eigenvalue weighted by atomic mass is 16.5. The van der Waals surface area contributed by atoms with Crippen molar-refractivity contribution in [3.05, 3.63) is 24.3 Å². The van der Waals surface area contributed by atoms with Gasteiger partial charge in [0.05, 0.1) is 30.5 Å². The van der Waals surface area contributed by atoms with Crippen molar-refractivity contribution < 1.29 is 38.2 Å². The van der Waals surface area contributed by atoms with Crippen LogP contribution in [0, 0.1) is 0 Å². The van der Waals surface area contributed by atoms with Gasteiger partial charge in [-0.25, -0.2) is 4.79 Å². The molecule has 0 heterocycles. The maximum atomic E-state index is 13.4. The zero-order valence-corrected chi connectivity index (χ0v) is 27.2. The zero-order valence-electron chi connectivity index (χ0n) is 27.2. The van der Waals surface area contributed by atoms with E-state index in [2.05, 4.69) is 21.3 Å². The summed E-state index contributed by atoms with van der Waals surface area (Å²) in [5.74, 6) is -3.14. The molecule has 0 aromatic heterocycles. The van der Waals surface area contributed by atoms with Crippen LogP contribution in [0.5, 0.6) is 0 Å². The fraction of sp³-hybridized carbons (Fsp3) is 0.700. The molecule has 240 valence electrons. The Labute approximate surface area is 250 Å². The molecular formula is C30H52N4O8. The Kier molecular flexibility index (Phi) is 16.3. The number of hydrogen-bond donors (Lipinski definition) is 4. The van der Waals surface area contributed by atoms with Gasteiger partial charge < -0.3 is 35.5 Å². The van der Waals surface area contributed by atoms with Gasteiger partial charge in [0.2, 0.25) is 23.6 Å². The summed E-state index contributed by atoms with van der Waals surface area (Å²) in [5.41, 5.74) is -1.26. The van der Waals surface area contributed by atoms with Crippen LogP contribution < -0.4 is 21.3 Å². The van der Waals surface area contributed by atoms with Gasteiger partial charge in [0, 0.05) is 0 Å². The van der Waals surface area contributed by atoms with Gasteiger partial charge in [-0.05, 0) is 88.7 Å². The summed E-state index contributed by atoms with van der Waals surface area (Å²) in [6.45, 7) is 19.0. The van der Waals surface area contributed by atoms with E-state index in [1.54, 1.807) is 60.6 Å². The zero-order chi connectivity index (χ0) is 32.8. The molecule has 0 aliphatic heterocycles. The quantitative estimate of drug-likeness (QED) is 0.127. The van der Waals surface area contributed by atoms with Crippen molar-refractivity contribution in [2.75, 3.05) is 7.11 Å². The predicted molar refractivity (Wildman–Crippen MR) is 160 cm³/mol. The van der Waals surface area contributed by atoms with Crippen molar-refractivity contribution in [2.45, 2.75) is 130 Å². The minimum absolute atomic E-state index is 0.186. The second-order valence-electron chi connectivity index (χ2n) is 12.0. The van der Waals surface area contributed by atoms with E-state index in [1.807, 2.05) is 20.8 Å². The Morgan fingerprint density at radius 2 is 1.17 bits per heavy atom. The Balaban J connectivity index is 5.96. The molecule has 6 unspecified atom stereocenters. The van der Waals surface area contributed by atoms with Crippen LogP contribution in [0.25, 0.3) is 0 Å². The van der Waals surface area contributed by atoms with Gasteiger partial charge >= 0.3 is 5.97 Å². The Hall–Kier alpha value is -3.25. The average molecular weight is 597 g/mol. The molecular weight excluding hydrogens is 544 g/mol. The van der Waals surface area contributed by atoms with E-state index in [4.69, 9.17) is 14.2 Å². The number of hydrogen-bond acceptors (Lipinski definition) is 8. The first kappa shape index (κ1) is 38.8. The molecule has 4 amide bonds. The molecule has 0 rings (SSSR count). The van der Waals surface area contributed by atoms with Crippen LogP contribution in [0.2, 0.25) is 0 Å². The van der Waals surface area contributed by atoms with Crippen molar-refractivity contribution >= 4 is 29.6 Å². The Bertz CT molecular complexity index is 981. The van der Waals surface area contributed by atoms with Gasteiger partial charge in [-0.1, -0.05) is 18.2 Å². The van der Waals surface area contributed by atoms with E-state index in [-0.39, 0.29) is 6.42 Å². The molecule has 12 nitrogen and oxygen atoms in total. The second kappa shape index (κ2) is 17.6. The normalized spacial score (nSPS) is 16.6. The molecule has 0 aromatic rings. The summed E-state index contributed by atoms with van der Waals surface area (Å²) >= 11 is 0. The summed E-state index contributed by atoms with van der Waals surface area (Å²) in [6.07, 6.45) is 4.89. The molecule has 0 aliphatic carbocycles. The van der Waals surface area contributed by atoms with Gasteiger partial charge in [0.15, 0.2) is 0 Å². The second-order valence-corrected chi connectivity index (χ2v) is 12.0. The summed E-state index contributed by atoms with van der Waals surface area (Å²) in [7, 11) is 1.22. The molecule has 12 heteroatoms. The molecule has 0 aromatic carbocycles. The van der Waals surface area contributed by atoms with Gasteiger partial charge in [-0.3, -0.25) is 19.2 Å². The van der Waals surface area contributed by atoms with Crippen LogP contribution in [-0.4, -0.2) is 84.3 Å². The van der Waals surface area contributed by atoms with Crippen LogP contribution in [0.3, 0.4) is 0 Å². The lowest BCUT2D eigenvalue weighted by atomic mass is 10.1. The summed E-state index contributed by atoms with van der Waals surface area (Å²) in [4.78, 5) is 64.4. The van der Waals surface area contributed by atoms with Crippen molar-refractivity contribution in [2.24, 2.45) is 0 Å². The minimum Gasteiger partial charge on any atom is -0.467 e. The van der Waals surface area contributed by atoms with E-state index in [9.17, 15) is 24.0 Å². The maximum Gasteiger partial charge on any atom is 0.328 e. The van der Waals surface area contributed by atoms with E-state index >= 15 is 0 Å². The van der Waals surface area contributed by atoms with E-state index in [0.717, 1.165) is 0 Å². The number of carbonyl (C=O) groups is 5. The predicted octanol–water partition coefficient (Wildman–Crippen LogP) is 2.07. The van der Waals surface area contributed by atoms with Gasteiger partial charge in [0.25, 0.3) is 0 Å². The number of rotatable bonds is 15. The maximum absolute atomic E-state index is 13.4. The third kappa shape index (κ3) is 15.1. The summed E-state index contributed by atoms with van der Waals surface area (Å²) < 4.78 is 16.7. The highest BCUT2D eigenvalue weighted by Gasteiger charge is 2.36. The number of ether oxygens (including phenoxy) is 3. The van der Waals surface area contributed by atoms with Crippen molar-refractivity contribution in [3.8, 4) is 0 Å². The average Bonchev–Trinajstić information content (AvgIpc) is 2.85. The molecule has 0 aliphatic rings. The first-order valence-electron chi connectivity index (χ1n) is 14.1. The number of allylic oxidation sites excluding steroid dienone is 2. The largest absolute Gasteiger partial charge is 0.467 e. The summed E-state index contributed by atoms with van der Waals surface area (Å²) in [5, 5.41) is 10.5. The van der Waals surface area contributed by atoms with Crippen molar-refractivity contribution in [1.82, 2.24) is 21.3 Å². The van der Waals surface area contributed by atoms with Crippen molar-refractivity contribution in [1.29, 1.82) is 0 Å². The number of esters is 1. The van der Waals surface area contributed by atoms with Crippen LogP contribution in [0.15, 0.2) is 24.3 Å². The van der Waals surface area contributed by atoms with E-state index in [1.165, 1.54) is 26.2 Å². The Morgan fingerprint density at radius 3 is 1.60 bits per heavy atom. The van der Waals surface area contributed by atoms with Crippen molar-refractivity contribution in [3.63, 3.8) is 0 Å². The van der Waals surface area contributed by atoms with Crippen LogP contribution >= 0.6 is 0 Å². The lowest BCUT2D eigenvalue weighted by Crippen LogP contribution is -2.61. The minimum atomic E-state index is -1.22. The van der Waals surface area contributed by atoms with E-state index in [0.29, 0.717) is 0 Å². The summed E-state index contributed by atoms with van der Waals surface area (Å²) in [6, 6.07) is -4.43. The fourth-order valence-corrected chi connectivity index (χ4v) is 3.93. The molecule has 4 N–H and O–H groups in total. The SMILES string of the molecule is CC=CCC(NC(=O)C(NC(=O)C(C)NC(=O)C(NC(=O)C=CC)C(C)OC(C)(C)C)C(C)OC(C)(C)C)C(=O)OC. The lowest BCUT2D eigenvalue weighted by molar-refractivity contribution is -0.147. The molecule has 0 spiro atoms. The first-order valence-corrected chi connectivity index (χ1v) is 14.1. The van der Waals surface area contributed by atoms with E-state index < -0.39 is 77.2 Å². The topological polar surface area (TPSA) is 161 Å².